The molecule has 0 heterocycles. The Balaban J connectivity index is 0.00000264. The molecule has 0 saturated carbocycles. The fraction of sp³-hybridized carbons (Fsp3) is 0. The summed E-state index contributed by atoms with van der Waals surface area (Å²) in [5.74, 6) is 0. The maximum atomic E-state index is 11.3. The molecule has 0 unspecified atom stereocenters. The number of rotatable bonds is 4. The van der Waals surface area contributed by atoms with E-state index in [1.54, 1.807) is 12.1 Å². The molecule has 2 rings (SSSR count). The summed E-state index contributed by atoms with van der Waals surface area (Å²) in [4.78, 5) is -0.592. The van der Waals surface area contributed by atoms with Crippen LogP contribution >= 0.6 is 0 Å². The van der Waals surface area contributed by atoms with Crippen LogP contribution in [0.15, 0.2) is 58.3 Å². The topological polar surface area (TPSA) is 109 Å². The van der Waals surface area contributed by atoms with E-state index in [1.807, 2.05) is 0 Å². The molecule has 0 aliphatic rings. The van der Waals surface area contributed by atoms with Crippen LogP contribution in [0.25, 0.3) is 12.2 Å². The van der Waals surface area contributed by atoms with E-state index in [4.69, 9.17) is 9.11 Å². The first kappa shape index (κ1) is 20.0. The van der Waals surface area contributed by atoms with Gasteiger partial charge in [-0.2, -0.15) is 16.8 Å². The summed E-state index contributed by atoms with van der Waals surface area (Å²) in [6.07, 6.45) is 2.68. The van der Waals surface area contributed by atoms with Crippen molar-refractivity contribution in [1.29, 1.82) is 0 Å². The monoisotopic (exact) mass is 364 g/mol. The Labute approximate surface area is 156 Å². The summed E-state index contributed by atoms with van der Waals surface area (Å²) in [5, 5.41) is 0. The molecular formula is C14H13NaO6S2. The molecule has 0 amide bonds. The molecule has 0 bridgehead atoms. The normalized spacial score (nSPS) is 12.1. The van der Waals surface area contributed by atoms with Crippen LogP contribution in [0.5, 0.6) is 0 Å². The molecule has 9 heteroatoms. The van der Waals surface area contributed by atoms with Gasteiger partial charge in [0.15, 0.2) is 0 Å². The molecule has 6 nitrogen and oxygen atoms in total. The second-order valence-electron chi connectivity index (χ2n) is 4.36. The van der Waals surface area contributed by atoms with E-state index in [-0.39, 0.29) is 50.5 Å². The van der Waals surface area contributed by atoms with Crippen molar-refractivity contribution in [2.75, 3.05) is 0 Å². The third kappa shape index (κ3) is 5.25. The minimum atomic E-state index is -4.40. The molecule has 0 fully saturated rings. The Morgan fingerprint density at radius 2 is 0.957 bits per heavy atom. The van der Waals surface area contributed by atoms with Gasteiger partial charge >= 0.3 is 29.6 Å². The molecule has 2 aromatic rings. The Morgan fingerprint density at radius 1 is 0.652 bits per heavy atom. The Kier molecular flexibility index (Phi) is 6.72. The molecule has 118 valence electrons. The first-order valence-corrected chi connectivity index (χ1v) is 8.89. The minimum absolute atomic E-state index is 0. The molecule has 0 atom stereocenters. The van der Waals surface area contributed by atoms with Crippen LogP contribution < -0.4 is 0 Å². The predicted molar refractivity (Wildman–Crippen MR) is 88.6 cm³/mol. The Hall–Kier alpha value is -1.000. The fourth-order valence-electron chi connectivity index (χ4n) is 1.89. The van der Waals surface area contributed by atoms with Crippen molar-refractivity contribution in [3.05, 3.63) is 59.7 Å². The molecule has 2 N–H and O–H groups in total. The van der Waals surface area contributed by atoms with Crippen LogP contribution in [0.1, 0.15) is 11.1 Å². The Bertz CT molecular complexity index is 856. The zero-order valence-electron chi connectivity index (χ0n) is 11.1. The zero-order chi connectivity index (χ0) is 16.4. The summed E-state index contributed by atoms with van der Waals surface area (Å²) in [6.45, 7) is 0. The molecule has 0 aromatic heterocycles. The van der Waals surface area contributed by atoms with Crippen LogP contribution in [0.4, 0.5) is 0 Å². The van der Waals surface area contributed by atoms with Crippen LogP contribution in [-0.4, -0.2) is 55.5 Å². The third-order valence-electron chi connectivity index (χ3n) is 2.84. The van der Waals surface area contributed by atoms with E-state index in [2.05, 4.69) is 0 Å². The van der Waals surface area contributed by atoms with Gasteiger partial charge in [0.25, 0.3) is 20.2 Å². The van der Waals surface area contributed by atoms with Crippen LogP contribution in [0, 0.1) is 0 Å². The van der Waals surface area contributed by atoms with Crippen molar-refractivity contribution in [1.82, 2.24) is 0 Å². The molecule has 23 heavy (non-hydrogen) atoms. The second kappa shape index (κ2) is 7.71. The predicted octanol–water partition coefficient (Wildman–Crippen LogP) is 1.70. The molecule has 0 aliphatic heterocycles. The number of hydrogen-bond acceptors (Lipinski definition) is 4. The van der Waals surface area contributed by atoms with Gasteiger partial charge in [0.1, 0.15) is 9.79 Å². The average Bonchev–Trinajstić information content (AvgIpc) is 2.44. The molecule has 0 aliphatic carbocycles. The molecule has 0 saturated heterocycles. The number of hydrogen-bond donors (Lipinski definition) is 2. The van der Waals surface area contributed by atoms with Gasteiger partial charge in [-0.25, -0.2) is 0 Å². The first-order valence-electron chi connectivity index (χ1n) is 6.01. The van der Waals surface area contributed by atoms with Crippen molar-refractivity contribution < 1.29 is 25.9 Å². The van der Waals surface area contributed by atoms with Gasteiger partial charge in [0, 0.05) is 0 Å². The van der Waals surface area contributed by atoms with E-state index in [0.29, 0.717) is 0 Å². The molecule has 2 aromatic carbocycles. The summed E-state index contributed by atoms with van der Waals surface area (Å²) in [5.41, 5.74) is 0.380. The Morgan fingerprint density at radius 3 is 1.26 bits per heavy atom. The van der Waals surface area contributed by atoms with Crippen molar-refractivity contribution in [2.24, 2.45) is 0 Å². The average molecular weight is 364 g/mol. The third-order valence-corrected chi connectivity index (χ3v) is 4.69. The fourth-order valence-corrected chi connectivity index (χ4v) is 3.25. The van der Waals surface area contributed by atoms with Crippen LogP contribution in [0.2, 0.25) is 0 Å². The van der Waals surface area contributed by atoms with Gasteiger partial charge in [-0.15, -0.1) is 0 Å². The van der Waals surface area contributed by atoms with Crippen molar-refractivity contribution in [3.63, 3.8) is 0 Å². The van der Waals surface area contributed by atoms with Crippen LogP contribution in [0.3, 0.4) is 0 Å². The van der Waals surface area contributed by atoms with Gasteiger partial charge in [-0.1, -0.05) is 48.6 Å². The first-order chi connectivity index (χ1) is 10.2. The van der Waals surface area contributed by atoms with Gasteiger partial charge in [-0.3, -0.25) is 9.11 Å². The van der Waals surface area contributed by atoms with Crippen molar-refractivity contribution >= 4 is 61.9 Å². The summed E-state index contributed by atoms with van der Waals surface area (Å²) in [6, 6.07) is 11.4. The second-order valence-corrected chi connectivity index (χ2v) is 7.14. The standard InChI is InChI=1S/C14H12O6S2.Na.H/c15-21(16,17)13-7-3-1-5-11(13)9-10-12-6-2-4-8-14(12)22(18,19)20;;/h1-10H,(H,15,16,17)(H,18,19,20);;. The SMILES string of the molecule is O=S(=O)(O)c1ccccc1C=Cc1ccccc1S(=O)(=O)O.[NaH]. The summed E-state index contributed by atoms with van der Waals surface area (Å²) in [7, 11) is -8.79. The van der Waals surface area contributed by atoms with E-state index in [0.717, 1.165) is 0 Å². The van der Waals surface area contributed by atoms with E-state index >= 15 is 0 Å². The van der Waals surface area contributed by atoms with Gasteiger partial charge in [0.05, 0.1) is 0 Å². The summed E-state index contributed by atoms with van der Waals surface area (Å²) < 4.78 is 63.4. The van der Waals surface area contributed by atoms with E-state index in [1.165, 1.54) is 48.6 Å². The molecular weight excluding hydrogens is 351 g/mol. The van der Waals surface area contributed by atoms with Gasteiger partial charge in [0.2, 0.25) is 0 Å². The van der Waals surface area contributed by atoms with Crippen molar-refractivity contribution in [3.8, 4) is 0 Å². The molecule has 0 radical (unpaired) electrons. The van der Waals surface area contributed by atoms with E-state index in [9.17, 15) is 16.8 Å². The molecule has 0 spiro atoms. The summed E-state index contributed by atoms with van der Waals surface area (Å²) >= 11 is 0. The number of benzene rings is 2. The van der Waals surface area contributed by atoms with Gasteiger partial charge in [-0.05, 0) is 23.3 Å². The van der Waals surface area contributed by atoms with Crippen molar-refractivity contribution in [2.45, 2.75) is 9.79 Å². The quantitative estimate of drug-likeness (QED) is 0.486. The van der Waals surface area contributed by atoms with Gasteiger partial charge < -0.3 is 0 Å². The van der Waals surface area contributed by atoms with E-state index < -0.39 is 20.2 Å². The van der Waals surface area contributed by atoms with Crippen LogP contribution in [-0.2, 0) is 20.2 Å². The zero-order valence-corrected chi connectivity index (χ0v) is 12.8. The maximum absolute atomic E-state index is 11.3.